The van der Waals surface area contributed by atoms with Gasteiger partial charge in [0.2, 0.25) is 0 Å². The van der Waals surface area contributed by atoms with Crippen molar-refractivity contribution in [2.24, 2.45) is 0 Å². The molecule has 0 aromatic heterocycles. The SMILES string of the molecule is [B]OC(OC)=C(C)C. The molecular weight excluding hydrogens is 103 g/mol. The molecule has 0 N–H and O–H groups in total. The second kappa shape index (κ2) is 3.41. The van der Waals surface area contributed by atoms with Crippen molar-refractivity contribution in [1.82, 2.24) is 0 Å². The van der Waals surface area contributed by atoms with Crippen molar-refractivity contribution < 1.29 is 9.39 Å². The lowest BCUT2D eigenvalue weighted by molar-refractivity contribution is 0.155. The zero-order valence-electron chi connectivity index (χ0n) is 5.39. The molecule has 0 fully saturated rings. The van der Waals surface area contributed by atoms with E-state index in [-0.39, 0.29) is 0 Å². The predicted molar refractivity (Wildman–Crippen MR) is 32.2 cm³/mol. The highest BCUT2D eigenvalue weighted by atomic mass is 16.6. The molecule has 2 nitrogen and oxygen atoms in total. The van der Waals surface area contributed by atoms with E-state index in [1.807, 2.05) is 13.8 Å². The van der Waals surface area contributed by atoms with Crippen LogP contribution in [0.4, 0.5) is 0 Å². The second-order valence-electron chi connectivity index (χ2n) is 1.61. The Morgan fingerprint density at radius 1 is 1.38 bits per heavy atom. The van der Waals surface area contributed by atoms with Crippen LogP contribution in [-0.4, -0.2) is 15.2 Å². The van der Waals surface area contributed by atoms with Gasteiger partial charge in [0, 0.05) is 5.57 Å². The number of rotatable bonds is 2. The first kappa shape index (κ1) is 7.40. The van der Waals surface area contributed by atoms with Gasteiger partial charge in [0.25, 0.3) is 5.95 Å². The monoisotopic (exact) mass is 112 g/mol. The summed E-state index contributed by atoms with van der Waals surface area (Å²) in [5, 5.41) is 0. The fourth-order valence-electron chi connectivity index (χ4n) is 0.370. The summed E-state index contributed by atoms with van der Waals surface area (Å²) < 4.78 is 9.01. The van der Waals surface area contributed by atoms with Crippen LogP contribution in [0.25, 0.3) is 0 Å². The summed E-state index contributed by atoms with van der Waals surface area (Å²) in [5.41, 5.74) is 0.926. The van der Waals surface area contributed by atoms with Crippen molar-refractivity contribution in [2.45, 2.75) is 13.8 Å². The van der Waals surface area contributed by atoms with Crippen molar-refractivity contribution in [1.29, 1.82) is 0 Å². The zero-order chi connectivity index (χ0) is 6.57. The smallest absolute Gasteiger partial charge is 0.378 e. The molecule has 0 aliphatic rings. The normalized spacial score (nSPS) is 7.88. The molecule has 0 aromatic carbocycles. The number of hydrogen-bond donors (Lipinski definition) is 0. The number of allylic oxidation sites excluding steroid dienone is 1. The summed E-state index contributed by atoms with van der Waals surface area (Å²) in [6.45, 7) is 3.71. The maximum absolute atomic E-state index is 4.80. The molecule has 0 aromatic rings. The lowest BCUT2D eigenvalue weighted by atomic mass is 10.4. The summed E-state index contributed by atoms with van der Waals surface area (Å²) >= 11 is 0. The first-order chi connectivity index (χ1) is 3.72. The van der Waals surface area contributed by atoms with Crippen molar-refractivity contribution in [3.63, 3.8) is 0 Å². The molecule has 2 radical (unpaired) electrons. The largest absolute Gasteiger partial charge is 0.543 e. The minimum Gasteiger partial charge on any atom is -0.543 e. The van der Waals surface area contributed by atoms with E-state index in [4.69, 9.17) is 12.8 Å². The molecular formula is C5H9BO2. The third-order valence-electron chi connectivity index (χ3n) is 0.701. The van der Waals surface area contributed by atoms with Gasteiger partial charge in [0.05, 0.1) is 7.11 Å². The highest BCUT2D eigenvalue weighted by Crippen LogP contribution is 2.01. The van der Waals surface area contributed by atoms with Gasteiger partial charge in [0.15, 0.2) is 0 Å². The lowest BCUT2D eigenvalue weighted by Gasteiger charge is -2.04. The van der Waals surface area contributed by atoms with Crippen LogP contribution in [0.3, 0.4) is 0 Å². The Hall–Kier alpha value is -0.595. The van der Waals surface area contributed by atoms with E-state index < -0.39 is 0 Å². The molecule has 0 saturated heterocycles. The Kier molecular flexibility index (Phi) is 3.16. The number of hydrogen-bond acceptors (Lipinski definition) is 2. The zero-order valence-corrected chi connectivity index (χ0v) is 5.39. The summed E-state index contributed by atoms with van der Waals surface area (Å²) in [4.78, 5) is 0. The third kappa shape index (κ3) is 1.91. The molecule has 0 bridgehead atoms. The van der Waals surface area contributed by atoms with Gasteiger partial charge >= 0.3 is 8.05 Å². The Labute approximate surface area is 50.9 Å². The molecule has 0 unspecified atom stereocenters. The molecule has 0 aliphatic heterocycles. The fourth-order valence-corrected chi connectivity index (χ4v) is 0.370. The standard InChI is InChI=1S/C5H9BO2/c1-4(2)5(7-3)8-6/h1-3H3. The molecule has 0 amide bonds. The molecule has 0 atom stereocenters. The molecule has 8 heavy (non-hydrogen) atoms. The van der Waals surface area contributed by atoms with Crippen LogP contribution in [0.5, 0.6) is 0 Å². The molecule has 0 heterocycles. The fraction of sp³-hybridized carbons (Fsp3) is 0.600. The molecule has 0 saturated carbocycles. The maximum atomic E-state index is 4.80. The molecule has 0 spiro atoms. The average molecular weight is 112 g/mol. The first-order valence-electron chi connectivity index (χ1n) is 2.30. The van der Waals surface area contributed by atoms with E-state index in [1.165, 1.54) is 7.11 Å². The van der Waals surface area contributed by atoms with Crippen LogP contribution in [0.15, 0.2) is 11.5 Å². The van der Waals surface area contributed by atoms with E-state index in [0.717, 1.165) is 5.57 Å². The summed E-state index contributed by atoms with van der Waals surface area (Å²) in [6, 6.07) is 0. The molecule has 0 aliphatic carbocycles. The molecule has 3 heteroatoms. The van der Waals surface area contributed by atoms with Gasteiger partial charge in [-0.1, -0.05) is 0 Å². The van der Waals surface area contributed by atoms with Crippen molar-refractivity contribution in [3.8, 4) is 0 Å². The maximum Gasteiger partial charge on any atom is 0.378 e. The van der Waals surface area contributed by atoms with E-state index in [2.05, 4.69) is 4.65 Å². The van der Waals surface area contributed by atoms with Gasteiger partial charge in [0.1, 0.15) is 0 Å². The summed E-state index contributed by atoms with van der Waals surface area (Å²) in [6.07, 6.45) is 0. The van der Waals surface area contributed by atoms with Crippen LogP contribution in [0.1, 0.15) is 13.8 Å². The minimum absolute atomic E-state index is 0.380. The Morgan fingerprint density at radius 3 is 1.88 bits per heavy atom. The van der Waals surface area contributed by atoms with Gasteiger partial charge < -0.3 is 9.39 Å². The number of methoxy groups -OCH3 is 1. The Morgan fingerprint density at radius 2 is 1.88 bits per heavy atom. The minimum atomic E-state index is 0.380. The molecule has 44 valence electrons. The first-order valence-corrected chi connectivity index (χ1v) is 2.30. The van der Waals surface area contributed by atoms with Crippen molar-refractivity contribution in [3.05, 3.63) is 11.5 Å². The van der Waals surface area contributed by atoms with Crippen LogP contribution < -0.4 is 0 Å². The van der Waals surface area contributed by atoms with Gasteiger partial charge in [-0.3, -0.25) is 0 Å². The van der Waals surface area contributed by atoms with E-state index in [9.17, 15) is 0 Å². The van der Waals surface area contributed by atoms with Crippen LogP contribution in [0.2, 0.25) is 0 Å². The molecule has 0 rings (SSSR count). The highest BCUT2D eigenvalue weighted by molar-refractivity contribution is 5.98. The number of ether oxygens (including phenoxy) is 1. The van der Waals surface area contributed by atoms with E-state index in [1.54, 1.807) is 0 Å². The highest BCUT2D eigenvalue weighted by Gasteiger charge is 1.92. The lowest BCUT2D eigenvalue weighted by Crippen LogP contribution is -1.92. The average Bonchev–Trinajstić information content (AvgIpc) is 1.69. The third-order valence-corrected chi connectivity index (χ3v) is 0.701. The van der Waals surface area contributed by atoms with Crippen LogP contribution in [-0.2, 0) is 9.39 Å². The Balaban J connectivity index is 3.86. The van der Waals surface area contributed by atoms with E-state index in [0.29, 0.717) is 5.95 Å². The van der Waals surface area contributed by atoms with Gasteiger partial charge in [-0.05, 0) is 13.8 Å². The van der Waals surface area contributed by atoms with E-state index >= 15 is 0 Å². The van der Waals surface area contributed by atoms with Crippen LogP contribution >= 0.6 is 0 Å². The predicted octanol–water partition coefficient (Wildman–Crippen LogP) is 0.984. The van der Waals surface area contributed by atoms with Crippen molar-refractivity contribution in [2.75, 3.05) is 7.11 Å². The summed E-state index contributed by atoms with van der Waals surface area (Å²) in [7, 11) is 6.31. The van der Waals surface area contributed by atoms with Gasteiger partial charge in [-0.15, -0.1) is 0 Å². The van der Waals surface area contributed by atoms with Gasteiger partial charge in [-0.25, -0.2) is 0 Å². The quantitative estimate of drug-likeness (QED) is 0.391. The Bertz CT molecular complexity index is 88.6. The summed E-state index contributed by atoms with van der Waals surface area (Å²) in [5.74, 6) is 0.380. The second-order valence-corrected chi connectivity index (χ2v) is 1.61. The van der Waals surface area contributed by atoms with Crippen LogP contribution in [0, 0.1) is 0 Å². The topological polar surface area (TPSA) is 18.5 Å². The van der Waals surface area contributed by atoms with Crippen molar-refractivity contribution >= 4 is 8.05 Å². The van der Waals surface area contributed by atoms with Gasteiger partial charge in [-0.2, -0.15) is 0 Å².